The van der Waals surface area contributed by atoms with Crippen molar-refractivity contribution in [3.8, 4) is 0 Å². The SMILES string of the molecule is Cc1cc2cc(CN)ccn2c1. The van der Waals surface area contributed by atoms with E-state index < -0.39 is 0 Å². The summed E-state index contributed by atoms with van der Waals surface area (Å²) in [6.45, 7) is 2.70. The van der Waals surface area contributed by atoms with Gasteiger partial charge in [0.05, 0.1) is 0 Å². The lowest BCUT2D eigenvalue weighted by Gasteiger charge is -1.97. The van der Waals surface area contributed by atoms with Crippen molar-refractivity contribution >= 4 is 5.52 Å². The minimum atomic E-state index is 0.612. The number of rotatable bonds is 1. The van der Waals surface area contributed by atoms with Crippen LogP contribution in [0.5, 0.6) is 0 Å². The summed E-state index contributed by atoms with van der Waals surface area (Å²) in [6.07, 6.45) is 4.15. The van der Waals surface area contributed by atoms with Crippen LogP contribution in [0.25, 0.3) is 5.52 Å². The van der Waals surface area contributed by atoms with Gasteiger partial charge < -0.3 is 10.1 Å². The van der Waals surface area contributed by atoms with Crippen LogP contribution in [-0.2, 0) is 6.54 Å². The van der Waals surface area contributed by atoms with Crippen LogP contribution in [0.1, 0.15) is 11.1 Å². The standard InChI is InChI=1S/C10H12N2/c1-8-4-10-5-9(6-11)2-3-12(10)7-8/h2-5,7H,6,11H2,1H3. The van der Waals surface area contributed by atoms with Crippen LogP contribution in [0, 0.1) is 6.92 Å². The Bertz CT molecular complexity index is 401. The summed E-state index contributed by atoms with van der Waals surface area (Å²) in [4.78, 5) is 0. The van der Waals surface area contributed by atoms with Crippen molar-refractivity contribution in [2.75, 3.05) is 0 Å². The first-order chi connectivity index (χ1) is 5.79. The Morgan fingerprint density at radius 3 is 3.00 bits per heavy atom. The number of fused-ring (bicyclic) bond motifs is 1. The van der Waals surface area contributed by atoms with E-state index in [1.54, 1.807) is 0 Å². The van der Waals surface area contributed by atoms with Crippen LogP contribution in [0.15, 0.2) is 30.6 Å². The smallest absolute Gasteiger partial charge is 0.0455 e. The van der Waals surface area contributed by atoms with Gasteiger partial charge in [0.15, 0.2) is 0 Å². The molecular weight excluding hydrogens is 148 g/mol. The Labute approximate surface area is 71.6 Å². The second-order valence-electron chi connectivity index (χ2n) is 3.09. The molecule has 2 rings (SSSR count). The highest BCUT2D eigenvalue weighted by atomic mass is 14.8. The minimum Gasteiger partial charge on any atom is -0.326 e. The van der Waals surface area contributed by atoms with Crippen molar-refractivity contribution in [2.45, 2.75) is 13.5 Å². The van der Waals surface area contributed by atoms with E-state index in [0.717, 1.165) is 0 Å². The Hall–Kier alpha value is -1.28. The lowest BCUT2D eigenvalue weighted by molar-refractivity contribution is 1.05. The Morgan fingerprint density at radius 2 is 2.25 bits per heavy atom. The highest BCUT2D eigenvalue weighted by molar-refractivity contribution is 5.51. The number of hydrogen-bond acceptors (Lipinski definition) is 1. The van der Waals surface area contributed by atoms with Crippen LogP contribution in [0.2, 0.25) is 0 Å². The number of pyridine rings is 1. The fraction of sp³-hybridized carbons (Fsp3) is 0.200. The normalized spacial score (nSPS) is 10.8. The molecule has 12 heavy (non-hydrogen) atoms. The summed E-state index contributed by atoms with van der Waals surface area (Å²) in [6, 6.07) is 6.32. The maximum absolute atomic E-state index is 5.54. The zero-order chi connectivity index (χ0) is 8.55. The lowest BCUT2D eigenvalue weighted by Crippen LogP contribution is -1.96. The van der Waals surface area contributed by atoms with Gasteiger partial charge in [0.25, 0.3) is 0 Å². The Balaban J connectivity index is 2.66. The van der Waals surface area contributed by atoms with Gasteiger partial charge in [0.1, 0.15) is 0 Å². The van der Waals surface area contributed by atoms with Crippen LogP contribution in [-0.4, -0.2) is 4.40 Å². The third kappa shape index (κ3) is 1.10. The van der Waals surface area contributed by atoms with E-state index in [1.165, 1.54) is 16.6 Å². The number of aryl methyl sites for hydroxylation is 1. The summed E-state index contributed by atoms with van der Waals surface area (Å²) < 4.78 is 2.11. The molecule has 0 spiro atoms. The monoisotopic (exact) mass is 160 g/mol. The molecule has 2 N–H and O–H groups in total. The molecule has 0 aliphatic rings. The maximum Gasteiger partial charge on any atom is 0.0455 e. The summed E-state index contributed by atoms with van der Waals surface area (Å²) in [7, 11) is 0. The van der Waals surface area contributed by atoms with Crippen molar-refractivity contribution in [1.29, 1.82) is 0 Å². The lowest BCUT2D eigenvalue weighted by atomic mass is 10.2. The molecule has 0 unspecified atom stereocenters. The molecule has 0 aromatic carbocycles. The molecule has 0 amide bonds. The number of nitrogens with zero attached hydrogens (tertiary/aromatic N) is 1. The van der Waals surface area contributed by atoms with Crippen LogP contribution in [0.3, 0.4) is 0 Å². The maximum atomic E-state index is 5.54. The van der Waals surface area contributed by atoms with Gasteiger partial charge in [-0.25, -0.2) is 0 Å². The summed E-state index contributed by atoms with van der Waals surface area (Å²) in [5.74, 6) is 0. The van der Waals surface area contributed by atoms with Gasteiger partial charge >= 0.3 is 0 Å². The molecule has 2 aromatic heterocycles. The van der Waals surface area contributed by atoms with Crippen LogP contribution in [0.4, 0.5) is 0 Å². The van der Waals surface area contributed by atoms with Gasteiger partial charge in [-0.15, -0.1) is 0 Å². The van der Waals surface area contributed by atoms with E-state index in [-0.39, 0.29) is 0 Å². The van der Waals surface area contributed by atoms with Gasteiger partial charge in [-0.2, -0.15) is 0 Å². The molecule has 62 valence electrons. The second kappa shape index (κ2) is 2.64. The van der Waals surface area contributed by atoms with E-state index in [9.17, 15) is 0 Å². The Morgan fingerprint density at radius 1 is 1.42 bits per heavy atom. The van der Waals surface area contributed by atoms with Crippen molar-refractivity contribution < 1.29 is 0 Å². The van der Waals surface area contributed by atoms with Crippen molar-refractivity contribution in [3.63, 3.8) is 0 Å². The first-order valence-electron chi connectivity index (χ1n) is 4.07. The van der Waals surface area contributed by atoms with Crippen LogP contribution < -0.4 is 5.73 Å². The first kappa shape index (κ1) is 7.37. The van der Waals surface area contributed by atoms with Crippen molar-refractivity contribution in [3.05, 3.63) is 41.7 Å². The molecule has 0 bridgehead atoms. The minimum absolute atomic E-state index is 0.612. The quantitative estimate of drug-likeness (QED) is 0.676. The van der Waals surface area contributed by atoms with Crippen LogP contribution >= 0.6 is 0 Å². The van der Waals surface area contributed by atoms with E-state index in [0.29, 0.717) is 6.54 Å². The zero-order valence-corrected chi connectivity index (χ0v) is 7.12. The highest BCUT2D eigenvalue weighted by Gasteiger charge is 1.95. The second-order valence-corrected chi connectivity index (χ2v) is 3.09. The van der Waals surface area contributed by atoms with Gasteiger partial charge in [-0.3, -0.25) is 0 Å². The number of hydrogen-bond donors (Lipinski definition) is 1. The average molecular weight is 160 g/mol. The van der Waals surface area contributed by atoms with Crippen molar-refractivity contribution in [1.82, 2.24) is 4.40 Å². The number of aromatic nitrogens is 1. The van der Waals surface area contributed by atoms with Gasteiger partial charge in [-0.1, -0.05) is 0 Å². The van der Waals surface area contributed by atoms with Crippen molar-refractivity contribution in [2.24, 2.45) is 5.73 Å². The third-order valence-corrected chi connectivity index (χ3v) is 2.03. The molecule has 0 radical (unpaired) electrons. The number of nitrogens with two attached hydrogens (primary N) is 1. The predicted molar refractivity (Wildman–Crippen MR) is 50.0 cm³/mol. The predicted octanol–water partition coefficient (Wildman–Crippen LogP) is 1.71. The molecule has 2 heteroatoms. The molecular formula is C10H12N2. The molecule has 2 nitrogen and oxygen atoms in total. The first-order valence-corrected chi connectivity index (χ1v) is 4.07. The average Bonchev–Trinajstić information content (AvgIpc) is 2.43. The van der Waals surface area contributed by atoms with Gasteiger partial charge in [-0.05, 0) is 36.2 Å². The van der Waals surface area contributed by atoms with E-state index >= 15 is 0 Å². The molecule has 0 atom stereocenters. The molecule has 0 saturated heterocycles. The molecule has 2 heterocycles. The fourth-order valence-electron chi connectivity index (χ4n) is 1.43. The van der Waals surface area contributed by atoms with Gasteiger partial charge in [0, 0.05) is 24.5 Å². The van der Waals surface area contributed by atoms with E-state index in [1.807, 2.05) is 12.3 Å². The summed E-state index contributed by atoms with van der Waals surface area (Å²) in [5, 5.41) is 0. The molecule has 0 saturated carbocycles. The van der Waals surface area contributed by atoms with E-state index in [2.05, 4.69) is 29.7 Å². The molecule has 0 fully saturated rings. The third-order valence-electron chi connectivity index (χ3n) is 2.03. The summed E-state index contributed by atoms with van der Waals surface area (Å²) in [5.41, 5.74) is 9.22. The topological polar surface area (TPSA) is 30.4 Å². The van der Waals surface area contributed by atoms with Gasteiger partial charge in [0.2, 0.25) is 0 Å². The highest BCUT2D eigenvalue weighted by Crippen LogP contribution is 2.10. The Kier molecular flexibility index (Phi) is 1.62. The largest absolute Gasteiger partial charge is 0.326 e. The zero-order valence-electron chi connectivity index (χ0n) is 7.12. The fourth-order valence-corrected chi connectivity index (χ4v) is 1.43. The molecule has 0 aliphatic heterocycles. The van der Waals surface area contributed by atoms with E-state index in [4.69, 9.17) is 5.73 Å². The molecule has 2 aromatic rings. The summed E-state index contributed by atoms with van der Waals surface area (Å²) >= 11 is 0. The molecule has 0 aliphatic carbocycles.